The molecule has 0 fully saturated rings. The summed E-state index contributed by atoms with van der Waals surface area (Å²) < 4.78 is 6.44. The Bertz CT molecular complexity index is 2280. The zero-order valence-corrected chi connectivity index (χ0v) is 34.3. The Morgan fingerprint density at radius 1 is 0.860 bits per heavy atom. The van der Waals surface area contributed by atoms with Gasteiger partial charge in [-0.2, -0.15) is 0 Å². The van der Waals surface area contributed by atoms with Gasteiger partial charge in [-0.3, -0.25) is 9.78 Å². The van der Waals surface area contributed by atoms with Crippen LogP contribution < -0.4 is 0 Å². The number of hydrogen-bond acceptors (Lipinski definition) is 5. The molecule has 2 aromatic heterocycles. The van der Waals surface area contributed by atoms with E-state index in [1.54, 1.807) is 0 Å². The molecule has 0 saturated carbocycles. The number of nitrogens with zero attached hydrogens (tertiary/aromatic N) is 2. The molecule has 0 unspecified atom stereocenters. The van der Waals surface area contributed by atoms with E-state index in [4.69, 9.17) is 14.4 Å². The number of rotatable bonds is 4. The van der Waals surface area contributed by atoms with Crippen LogP contribution in [0.25, 0.3) is 54.9 Å². The second-order valence-electron chi connectivity index (χ2n) is 16.3. The SMILES string of the molecule is CCC(C)(C)/C(O)=C/C(=O)C(C)(C)C.Cc1[c-]c(-c2nc(C)nc3c2ccc2cc(C(C)(C)C)cc(C)c23)c2oc3cc(C)ccc3c2c1.[Ir]. The van der Waals surface area contributed by atoms with Gasteiger partial charge in [-0.1, -0.05) is 117 Å². The first kappa shape index (κ1) is 38.9. The molecule has 4 aromatic carbocycles. The molecule has 0 saturated heterocycles. The number of carbonyl (C=O) groups is 1. The van der Waals surface area contributed by atoms with Gasteiger partial charge in [0.1, 0.15) is 17.2 Å². The van der Waals surface area contributed by atoms with Gasteiger partial charge >= 0.3 is 0 Å². The molecule has 0 bridgehead atoms. The molecule has 1 radical (unpaired) electrons. The largest absolute Gasteiger partial charge is 0.512 e. The van der Waals surface area contributed by atoms with Crippen molar-refractivity contribution in [2.45, 2.75) is 102 Å². The van der Waals surface area contributed by atoms with Gasteiger partial charge in [0.25, 0.3) is 0 Å². The molecule has 0 aliphatic rings. The van der Waals surface area contributed by atoms with E-state index < -0.39 is 5.41 Å². The summed E-state index contributed by atoms with van der Waals surface area (Å²) in [5.74, 6) is 0.894. The van der Waals surface area contributed by atoms with Crippen LogP contribution in [0.2, 0.25) is 0 Å². The van der Waals surface area contributed by atoms with Crippen LogP contribution in [0, 0.1) is 44.6 Å². The van der Waals surface area contributed by atoms with Gasteiger partial charge in [0, 0.05) is 53.5 Å². The number of carbonyl (C=O) groups excluding carboxylic acids is 1. The number of ketones is 1. The van der Waals surface area contributed by atoms with Gasteiger partial charge in [-0.05, 0) is 66.1 Å². The molecule has 0 aliphatic heterocycles. The van der Waals surface area contributed by atoms with E-state index in [0.29, 0.717) is 0 Å². The zero-order chi connectivity index (χ0) is 36.2. The number of aliphatic hydroxyl groups excluding tert-OH is 1. The van der Waals surface area contributed by atoms with Gasteiger partial charge < -0.3 is 9.52 Å². The number of aromatic nitrogens is 2. The maximum Gasteiger partial charge on any atom is 0.164 e. The van der Waals surface area contributed by atoms with Crippen LogP contribution in [0.3, 0.4) is 0 Å². The first-order valence-corrected chi connectivity index (χ1v) is 17.2. The zero-order valence-electron chi connectivity index (χ0n) is 31.9. The van der Waals surface area contributed by atoms with E-state index in [0.717, 1.165) is 61.9 Å². The molecule has 265 valence electrons. The fourth-order valence-corrected chi connectivity index (χ4v) is 5.94. The normalized spacial score (nSPS) is 12.7. The third-order valence-electron chi connectivity index (χ3n) is 9.57. The first-order valence-electron chi connectivity index (χ1n) is 17.2. The molecule has 2 heterocycles. The van der Waals surface area contributed by atoms with Crippen molar-refractivity contribution in [3.8, 4) is 11.3 Å². The Labute approximate surface area is 310 Å². The van der Waals surface area contributed by atoms with Crippen LogP contribution in [-0.4, -0.2) is 20.9 Å². The number of aliphatic hydroxyl groups is 1. The van der Waals surface area contributed by atoms with Crippen molar-refractivity contribution in [1.82, 2.24) is 9.97 Å². The molecular weight excluding hydrogens is 797 g/mol. The molecule has 6 heteroatoms. The topological polar surface area (TPSA) is 76.2 Å². The Morgan fingerprint density at radius 2 is 1.52 bits per heavy atom. The molecule has 0 amide bonds. The van der Waals surface area contributed by atoms with Crippen molar-refractivity contribution in [1.29, 1.82) is 0 Å². The van der Waals surface area contributed by atoms with Crippen LogP contribution in [-0.2, 0) is 30.3 Å². The fourth-order valence-electron chi connectivity index (χ4n) is 5.94. The summed E-state index contributed by atoms with van der Waals surface area (Å²) in [5.41, 5.74) is 8.65. The Hall–Kier alpha value is -3.86. The van der Waals surface area contributed by atoms with E-state index in [9.17, 15) is 9.90 Å². The van der Waals surface area contributed by atoms with Crippen molar-refractivity contribution < 1.29 is 34.4 Å². The maximum atomic E-state index is 11.6. The van der Waals surface area contributed by atoms with Crippen LogP contribution >= 0.6 is 0 Å². The average Bonchev–Trinajstić information content (AvgIpc) is 3.36. The second kappa shape index (κ2) is 14.0. The smallest absolute Gasteiger partial charge is 0.164 e. The quantitative estimate of drug-likeness (QED) is 0.0828. The van der Waals surface area contributed by atoms with Gasteiger partial charge in [0.2, 0.25) is 0 Å². The Balaban J connectivity index is 0.000000321. The first-order chi connectivity index (χ1) is 22.7. The average molecular weight is 848 g/mol. The number of aryl methyl sites for hydroxylation is 4. The summed E-state index contributed by atoms with van der Waals surface area (Å²) in [4.78, 5) is 21.5. The van der Waals surface area contributed by atoms with E-state index in [-0.39, 0.29) is 42.5 Å². The fraction of sp³-hybridized carbons (Fsp3) is 0.386. The van der Waals surface area contributed by atoms with E-state index in [2.05, 4.69) is 96.1 Å². The molecule has 0 atom stereocenters. The molecule has 1 N–H and O–H groups in total. The summed E-state index contributed by atoms with van der Waals surface area (Å²) in [5, 5.41) is 15.4. The minimum absolute atomic E-state index is 0. The summed E-state index contributed by atoms with van der Waals surface area (Å²) >= 11 is 0. The third-order valence-corrected chi connectivity index (χ3v) is 9.57. The van der Waals surface area contributed by atoms with E-state index in [1.165, 1.54) is 33.5 Å². The van der Waals surface area contributed by atoms with Gasteiger partial charge in [0.15, 0.2) is 5.78 Å². The van der Waals surface area contributed by atoms with Gasteiger partial charge in [0.05, 0.1) is 11.1 Å². The van der Waals surface area contributed by atoms with Crippen molar-refractivity contribution in [3.63, 3.8) is 0 Å². The summed E-state index contributed by atoms with van der Waals surface area (Å²) in [6.07, 6.45) is 2.18. The van der Waals surface area contributed by atoms with Crippen molar-refractivity contribution in [2.24, 2.45) is 10.8 Å². The van der Waals surface area contributed by atoms with Crippen molar-refractivity contribution >= 4 is 49.4 Å². The monoisotopic (exact) mass is 848 g/mol. The molecule has 0 spiro atoms. The van der Waals surface area contributed by atoms with Crippen LogP contribution in [0.5, 0.6) is 0 Å². The molecule has 5 nitrogen and oxygen atoms in total. The minimum atomic E-state index is -0.419. The predicted molar refractivity (Wildman–Crippen MR) is 205 cm³/mol. The third kappa shape index (κ3) is 7.72. The van der Waals surface area contributed by atoms with Gasteiger partial charge in [-0.25, -0.2) is 4.98 Å². The minimum Gasteiger partial charge on any atom is -0.512 e. The van der Waals surface area contributed by atoms with Crippen LogP contribution in [0.15, 0.2) is 64.8 Å². The van der Waals surface area contributed by atoms with Crippen molar-refractivity contribution in [2.75, 3.05) is 0 Å². The number of allylic oxidation sites excluding steroid dienone is 2. The second-order valence-corrected chi connectivity index (χ2v) is 16.3. The number of hydrogen-bond donors (Lipinski definition) is 1. The van der Waals surface area contributed by atoms with Crippen LogP contribution in [0.4, 0.5) is 0 Å². The molecule has 6 rings (SSSR count). The van der Waals surface area contributed by atoms with Crippen molar-refractivity contribution in [3.05, 3.63) is 94.5 Å². The maximum absolute atomic E-state index is 11.6. The predicted octanol–water partition coefficient (Wildman–Crippen LogP) is 12.2. The summed E-state index contributed by atoms with van der Waals surface area (Å²) in [6.45, 7) is 26.5. The van der Waals surface area contributed by atoms with E-state index >= 15 is 0 Å². The Kier molecular flexibility index (Phi) is 10.9. The number of fused-ring (bicyclic) bond motifs is 6. The van der Waals surface area contributed by atoms with Crippen LogP contribution in [0.1, 0.15) is 96.8 Å². The number of benzene rings is 4. The molecule has 6 aromatic rings. The number of furan rings is 1. The summed E-state index contributed by atoms with van der Waals surface area (Å²) in [6, 6.07) is 21.1. The summed E-state index contributed by atoms with van der Waals surface area (Å²) in [7, 11) is 0. The molecular formula is C44H51IrN2O3-. The standard InChI is InChI=1S/C32H29N2O.C12H22O2.Ir/c1-17-8-10-23-25-12-18(2)13-26(31(25)35-27(23)14-17)29-24-11-9-21-16-22(32(5,6)7)15-19(3)28(21)30(24)34-20(4)33-29;1-7-12(5,6)10(14)8-9(13)11(2,3)4;/h8-12,14-16H,1-7H3;8,14H,7H2,1-6H3;/q-1;;/b;10-8-;. The van der Waals surface area contributed by atoms with E-state index in [1.807, 2.05) is 48.5 Å². The molecule has 50 heavy (non-hydrogen) atoms. The Morgan fingerprint density at radius 3 is 2.14 bits per heavy atom. The van der Waals surface area contributed by atoms with Gasteiger partial charge in [-0.15, -0.1) is 17.7 Å². The molecule has 0 aliphatic carbocycles.